The van der Waals surface area contributed by atoms with E-state index >= 15 is 0 Å². The van der Waals surface area contributed by atoms with Gasteiger partial charge in [-0.15, -0.1) is 0 Å². The number of carbonyl (C=O) groups excluding carboxylic acids is 4. The van der Waals surface area contributed by atoms with E-state index in [2.05, 4.69) is 33.0 Å². The maximum Gasteiger partial charge on any atom is 0.316 e. The minimum atomic E-state index is -0.644. The summed E-state index contributed by atoms with van der Waals surface area (Å²) >= 11 is 0. The molecule has 5 aliphatic rings. The highest BCUT2D eigenvalue weighted by molar-refractivity contribution is 6.00. The number of nitrogens with one attached hydrogen (secondary N) is 1. The first-order valence-electron chi connectivity index (χ1n) is 17.6. The second-order valence-corrected chi connectivity index (χ2v) is 15.6. The summed E-state index contributed by atoms with van der Waals surface area (Å²) in [6.45, 7) is 12.1. The summed E-state index contributed by atoms with van der Waals surface area (Å²) in [5.41, 5.74) is 0.719. The van der Waals surface area contributed by atoms with E-state index in [1.54, 1.807) is 0 Å². The van der Waals surface area contributed by atoms with Crippen molar-refractivity contribution in [2.45, 2.75) is 131 Å². The molecule has 1 N–H and O–H groups in total. The Balaban J connectivity index is 1.11. The molecule has 242 valence electrons. The zero-order valence-electron chi connectivity index (χ0n) is 27.5. The lowest BCUT2D eigenvalue weighted by Gasteiger charge is -2.61. The van der Waals surface area contributed by atoms with Crippen molar-refractivity contribution in [1.82, 2.24) is 5.32 Å². The Morgan fingerprint density at radius 2 is 1.70 bits per heavy atom. The number of Topliss-reactive ketones (excluding diaryl/α,β-unsaturated/α-hetero) is 1. The van der Waals surface area contributed by atoms with Crippen molar-refractivity contribution in [3.8, 4) is 0 Å². The smallest absolute Gasteiger partial charge is 0.316 e. The molecule has 11 atom stereocenters. The second-order valence-electron chi connectivity index (χ2n) is 15.6. The number of ether oxygens (including phenoxy) is 2. The van der Waals surface area contributed by atoms with Crippen molar-refractivity contribution in [3.05, 3.63) is 0 Å². The van der Waals surface area contributed by atoms with Gasteiger partial charge in [0.25, 0.3) is 0 Å². The van der Waals surface area contributed by atoms with Crippen LogP contribution in [0.3, 0.4) is 0 Å². The number of esters is 2. The zero-order valence-corrected chi connectivity index (χ0v) is 27.5. The molecule has 0 bridgehead atoms. The lowest BCUT2D eigenvalue weighted by atomic mass is 9.44. The standard InChI is InChI=1S/C36H57NO6/c1-6-22(2)33(40)43-25-13-17-35(4)24(21-25)8-9-26-29-11-10-28(36(29,5)18-14-30(26)35)23(3)7-12-32(39)37-19-15-31(38)27-16-20-42-34(27)41/h22-30H,6-21H2,1-5H3,(H,37,39)/t22?,23?,24?,25?,26?,27?,28?,29?,30?,35-,36+/m0/s1. The Labute approximate surface area is 259 Å². The summed E-state index contributed by atoms with van der Waals surface area (Å²) in [7, 11) is 0. The molecule has 1 saturated heterocycles. The number of hydrogen-bond donors (Lipinski definition) is 1. The fourth-order valence-corrected chi connectivity index (χ4v) is 10.7. The molecule has 5 fully saturated rings. The Kier molecular flexibility index (Phi) is 9.97. The van der Waals surface area contributed by atoms with Crippen LogP contribution in [0.1, 0.15) is 125 Å². The molecular formula is C36H57NO6. The molecule has 5 rings (SSSR count). The maximum atomic E-state index is 12.6. The number of cyclic esters (lactones) is 1. The van der Waals surface area contributed by atoms with Crippen LogP contribution in [0.5, 0.6) is 0 Å². The Morgan fingerprint density at radius 3 is 2.42 bits per heavy atom. The number of hydrogen-bond acceptors (Lipinski definition) is 6. The van der Waals surface area contributed by atoms with Gasteiger partial charge in [0, 0.05) is 25.8 Å². The third kappa shape index (κ3) is 6.43. The minimum Gasteiger partial charge on any atom is -0.465 e. The first kappa shape index (κ1) is 32.5. The highest BCUT2D eigenvalue weighted by Crippen LogP contribution is 2.68. The normalized spacial score (nSPS) is 39.9. The molecule has 0 aromatic heterocycles. The summed E-state index contributed by atoms with van der Waals surface area (Å²) < 4.78 is 10.9. The minimum absolute atomic E-state index is 0.00642. The molecule has 0 aromatic rings. The molecule has 1 aliphatic heterocycles. The van der Waals surface area contributed by atoms with Crippen molar-refractivity contribution in [3.63, 3.8) is 0 Å². The molecule has 7 nitrogen and oxygen atoms in total. The number of carbonyl (C=O) groups is 4. The second kappa shape index (κ2) is 13.2. The number of rotatable bonds is 11. The van der Waals surface area contributed by atoms with E-state index in [1.807, 2.05) is 6.92 Å². The van der Waals surface area contributed by atoms with Crippen molar-refractivity contribution < 1.29 is 28.7 Å². The summed E-state index contributed by atoms with van der Waals surface area (Å²) in [6, 6.07) is 0. The summed E-state index contributed by atoms with van der Waals surface area (Å²) in [5, 5.41) is 2.91. The molecule has 4 aliphatic carbocycles. The van der Waals surface area contributed by atoms with E-state index in [1.165, 1.54) is 44.9 Å². The third-order valence-electron chi connectivity index (χ3n) is 13.5. The van der Waals surface area contributed by atoms with E-state index in [9.17, 15) is 19.2 Å². The fourth-order valence-electron chi connectivity index (χ4n) is 10.7. The van der Waals surface area contributed by atoms with Crippen LogP contribution in [0, 0.1) is 58.2 Å². The molecule has 1 amide bonds. The van der Waals surface area contributed by atoms with Gasteiger partial charge in [-0.2, -0.15) is 0 Å². The van der Waals surface area contributed by atoms with Crippen LogP contribution in [0.2, 0.25) is 0 Å². The highest BCUT2D eigenvalue weighted by atomic mass is 16.5. The number of amides is 1. The van der Waals surface area contributed by atoms with Crippen molar-refractivity contribution in [1.29, 1.82) is 0 Å². The monoisotopic (exact) mass is 599 g/mol. The predicted molar refractivity (Wildman–Crippen MR) is 165 cm³/mol. The topological polar surface area (TPSA) is 98.8 Å². The first-order valence-corrected chi connectivity index (χ1v) is 17.6. The number of fused-ring (bicyclic) bond motifs is 5. The van der Waals surface area contributed by atoms with Gasteiger partial charge in [-0.1, -0.05) is 34.6 Å². The molecule has 0 radical (unpaired) electrons. The van der Waals surface area contributed by atoms with Gasteiger partial charge in [0.1, 0.15) is 17.8 Å². The van der Waals surface area contributed by atoms with Gasteiger partial charge in [0.05, 0.1) is 12.5 Å². The largest absolute Gasteiger partial charge is 0.465 e. The quantitative estimate of drug-likeness (QED) is 0.211. The van der Waals surface area contributed by atoms with Crippen LogP contribution in [0.15, 0.2) is 0 Å². The average Bonchev–Trinajstić information content (AvgIpc) is 3.58. The summed E-state index contributed by atoms with van der Waals surface area (Å²) in [6.07, 6.45) is 14.0. The summed E-state index contributed by atoms with van der Waals surface area (Å²) in [5.74, 6) is 2.98. The fraction of sp³-hybridized carbons (Fsp3) is 0.889. The van der Waals surface area contributed by atoms with Crippen LogP contribution >= 0.6 is 0 Å². The van der Waals surface area contributed by atoms with Crippen LogP contribution in [-0.2, 0) is 28.7 Å². The average molecular weight is 600 g/mol. The van der Waals surface area contributed by atoms with E-state index < -0.39 is 11.9 Å². The van der Waals surface area contributed by atoms with Crippen molar-refractivity contribution >= 4 is 23.6 Å². The van der Waals surface area contributed by atoms with Crippen LogP contribution in [0.25, 0.3) is 0 Å². The van der Waals surface area contributed by atoms with Gasteiger partial charge in [0.2, 0.25) is 5.91 Å². The zero-order chi connectivity index (χ0) is 30.9. The third-order valence-corrected chi connectivity index (χ3v) is 13.5. The van der Waals surface area contributed by atoms with Gasteiger partial charge in [-0.3, -0.25) is 19.2 Å². The van der Waals surface area contributed by atoms with Crippen LogP contribution < -0.4 is 5.32 Å². The lowest BCUT2D eigenvalue weighted by molar-refractivity contribution is -0.166. The van der Waals surface area contributed by atoms with E-state index in [0.717, 1.165) is 43.4 Å². The molecule has 9 unspecified atom stereocenters. The summed E-state index contributed by atoms with van der Waals surface area (Å²) in [4.78, 5) is 49.0. The molecule has 0 aromatic carbocycles. The molecule has 1 heterocycles. The van der Waals surface area contributed by atoms with Crippen molar-refractivity contribution in [2.75, 3.05) is 13.2 Å². The number of ketones is 1. The van der Waals surface area contributed by atoms with Gasteiger partial charge in [-0.25, -0.2) is 0 Å². The highest BCUT2D eigenvalue weighted by Gasteiger charge is 2.60. The Morgan fingerprint density at radius 1 is 0.953 bits per heavy atom. The Hall–Kier alpha value is -1.92. The van der Waals surface area contributed by atoms with Gasteiger partial charge in [0.15, 0.2) is 0 Å². The van der Waals surface area contributed by atoms with Gasteiger partial charge >= 0.3 is 11.9 Å². The SMILES string of the molecule is CCC(C)C(=O)OC1CC[C@@]2(C)C(CCC3C4CCC(C(C)CCC(=O)NCCC(=O)C5CCOC5=O)[C@@]4(C)CCC32)C1. The van der Waals surface area contributed by atoms with E-state index in [-0.39, 0.29) is 36.1 Å². The molecule has 43 heavy (non-hydrogen) atoms. The van der Waals surface area contributed by atoms with Crippen molar-refractivity contribution in [2.24, 2.45) is 58.2 Å². The van der Waals surface area contributed by atoms with Crippen LogP contribution in [0.4, 0.5) is 0 Å². The lowest BCUT2D eigenvalue weighted by Crippen LogP contribution is -2.54. The van der Waals surface area contributed by atoms with E-state index in [0.29, 0.717) is 54.6 Å². The van der Waals surface area contributed by atoms with Gasteiger partial charge < -0.3 is 14.8 Å². The van der Waals surface area contributed by atoms with E-state index in [4.69, 9.17) is 9.47 Å². The maximum absolute atomic E-state index is 12.6. The molecule has 0 spiro atoms. The molecule has 7 heteroatoms. The Bertz CT molecular complexity index is 1060. The molecular weight excluding hydrogens is 542 g/mol. The first-order chi connectivity index (χ1) is 20.5. The van der Waals surface area contributed by atoms with Gasteiger partial charge in [-0.05, 0) is 117 Å². The molecule has 4 saturated carbocycles. The predicted octanol–water partition coefficient (Wildman–Crippen LogP) is 6.66. The van der Waals surface area contributed by atoms with Crippen LogP contribution in [-0.4, -0.2) is 42.9 Å².